The molecular formula is C15H14ClNO2. The molecule has 0 atom stereocenters. The number of halogens is 1. The molecule has 1 amide bonds. The van der Waals surface area contributed by atoms with E-state index in [1.54, 1.807) is 19.2 Å². The Hall–Kier alpha value is -2.00. The summed E-state index contributed by atoms with van der Waals surface area (Å²) in [4.78, 5) is 11.5. The van der Waals surface area contributed by atoms with Crippen LogP contribution in [-0.4, -0.2) is 13.0 Å². The number of ether oxygens (including phenoxy) is 1. The number of nitrogens with two attached hydrogens (primary N) is 1. The smallest absolute Gasteiger partial charge is 0.249 e. The largest absolute Gasteiger partial charge is 0.496 e. The molecule has 2 aromatic carbocycles. The molecule has 3 nitrogen and oxygen atoms in total. The van der Waals surface area contributed by atoms with Crippen molar-refractivity contribution in [3.05, 3.63) is 64.2 Å². The zero-order chi connectivity index (χ0) is 13.8. The minimum atomic E-state index is -0.479. The molecule has 0 aromatic heterocycles. The number of hydrogen-bond donors (Lipinski definition) is 1. The Morgan fingerprint density at radius 2 is 1.95 bits per heavy atom. The molecule has 0 aliphatic heterocycles. The van der Waals surface area contributed by atoms with Crippen molar-refractivity contribution in [2.45, 2.75) is 6.42 Å². The molecule has 0 saturated carbocycles. The van der Waals surface area contributed by atoms with Crippen molar-refractivity contribution in [3.8, 4) is 5.75 Å². The third kappa shape index (κ3) is 3.06. The average molecular weight is 276 g/mol. The van der Waals surface area contributed by atoms with Crippen LogP contribution in [0.15, 0.2) is 42.5 Å². The summed E-state index contributed by atoms with van der Waals surface area (Å²) in [6.07, 6.45) is 0.569. The van der Waals surface area contributed by atoms with Crippen LogP contribution in [0.25, 0.3) is 0 Å². The van der Waals surface area contributed by atoms with E-state index in [2.05, 4.69) is 0 Å². The second-order valence-electron chi connectivity index (χ2n) is 4.15. The van der Waals surface area contributed by atoms with E-state index >= 15 is 0 Å². The maximum absolute atomic E-state index is 11.5. The molecule has 0 heterocycles. The van der Waals surface area contributed by atoms with Gasteiger partial charge in [0.05, 0.1) is 7.11 Å². The first-order chi connectivity index (χ1) is 9.11. The number of para-hydroxylation sites is 1. The Balaban J connectivity index is 2.41. The Kier molecular flexibility index (Phi) is 4.07. The number of carbonyl (C=O) groups is 1. The second kappa shape index (κ2) is 5.76. The van der Waals surface area contributed by atoms with E-state index in [1.807, 2.05) is 30.3 Å². The molecule has 0 bridgehead atoms. The number of amides is 1. The van der Waals surface area contributed by atoms with Gasteiger partial charge in [-0.2, -0.15) is 0 Å². The van der Waals surface area contributed by atoms with Crippen molar-refractivity contribution in [1.29, 1.82) is 0 Å². The second-order valence-corrected chi connectivity index (χ2v) is 4.59. The fourth-order valence-electron chi connectivity index (χ4n) is 1.99. The lowest BCUT2D eigenvalue weighted by Crippen LogP contribution is -2.14. The van der Waals surface area contributed by atoms with Gasteiger partial charge in [0, 0.05) is 17.0 Å². The van der Waals surface area contributed by atoms with Crippen molar-refractivity contribution < 1.29 is 9.53 Å². The van der Waals surface area contributed by atoms with Crippen molar-refractivity contribution in [3.63, 3.8) is 0 Å². The molecule has 0 radical (unpaired) electrons. The van der Waals surface area contributed by atoms with Gasteiger partial charge in [0.2, 0.25) is 5.91 Å². The Bertz CT molecular complexity index is 611. The van der Waals surface area contributed by atoms with Crippen molar-refractivity contribution >= 4 is 17.5 Å². The summed E-state index contributed by atoms with van der Waals surface area (Å²) in [7, 11) is 1.62. The Morgan fingerprint density at radius 1 is 1.21 bits per heavy atom. The highest BCUT2D eigenvalue weighted by atomic mass is 35.5. The van der Waals surface area contributed by atoms with Crippen LogP contribution >= 0.6 is 11.6 Å². The Morgan fingerprint density at radius 3 is 2.63 bits per heavy atom. The highest BCUT2D eigenvalue weighted by molar-refractivity contribution is 6.31. The van der Waals surface area contributed by atoms with E-state index in [9.17, 15) is 4.79 Å². The SMILES string of the molecule is COc1ccccc1Cc1ccc(Cl)cc1C(N)=O. The van der Waals surface area contributed by atoms with Crippen LogP contribution in [0.3, 0.4) is 0 Å². The molecule has 2 aromatic rings. The zero-order valence-corrected chi connectivity index (χ0v) is 11.3. The topological polar surface area (TPSA) is 52.3 Å². The van der Waals surface area contributed by atoms with E-state index in [0.717, 1.165) is 16.9 Å². The highest BCUT2D eigenvalue weighted by Crippen LogP contribution is 2.24. The van der Waals surface area contributed by atoms with Crippen molar-refractivity contribution in [2.24, 2.45) is 5.73 Å². The molecule has 2 N–H and O–H groups in total. The number of methoxy groups -OCH3 is 1. The van der Waals surface area contributed by atoms with Gasteiger partial charge in [-0.15, -0.1) is 0 Å². The lowest BCUT2D eigenvalue weighted by atomic mass is 9.99. The first-order valence-electron chi connectivity index (χ1n) is 5.82. The van der Waals surface area contributed by atoms with Crippen LogP contribution in [0.5, 0.6) is 5.75 Å². The number of benzene rings is 2. The maximum atomic E-state index is 11.5. The minimum Gasteiger partial charge on any atom is -0.496 e. The molecule has 0 spiro atoms. The van der Waals surface area contributed by atoms with Crippen LogP contribution in [0.4, 0.5) is 0 Å². The monoisotopic (exact) mass is 275 g/mol. The third-order valence-electron chi connectivity index (χ3n) is 2.91. The molecule has 0 fully saturated rings. The van der Waals surface area contributed by atoms with E-state index in [-0.39, 0.29) is 0 Å². The molecule has 0 aliphatic carbocycles. The molecule has 19 heavy (non-hydrogen) atoms. The number of hydrogen-bond acceptors (Lipinski definition) is 2. The maximum Gasteiger partial charge on any atom is 0.249 e. The number of carbonyl (C=O) groups excluding carboxylic acids is 1. The van der Waals surface area contributed by atoms with Gasteiger partial charge in [-0.3, -0.25) is 4.79 Å². The van der Waals surface area contributed by atoms with Crippen LogP contribution < -0.4 is 10.5 Å². The lowest BCUT2D eigenvalue weighted by molar-refractivity contribution is 0.0999. The predicted octanol–water partition coefficient (Wildman–Crippen LogP) is 3.04. The van der Waals surface area contributed by atoms with Gasteiger partial charge in [0.15, 0.2) is 0 Å². The Labute approximate surface area is 117 Å². The third-order valence-corrected chi connectivity index (χ3v) is 3.15. The summed E-state index contributed by atoms with van der Waals surface area (Å²) in [6.45, 7) is 0. The molecule has 4 heteroatoms. The van der Waals surface area contributed by atoms with Crippen LogP contribution in [0, 0.1) is 0 Å². The van der Waals surface area contributed by atoms with E-state index in [1.165, 1.54) is 0 Å². The lowest BCUT2D eigenvalue weighted by Gasteiger charge is -2.10. The summed E-state index contributed by atoms with van der Waals surface area (Å²) in [5, 5.41) is 0.498. The summed E-state index contributed by atoms with van der Waals surface area (Å²) >= 11 is 5.89. The normalized spacial score (nSPS) is 10.2. The van der Waals surface area contributed by atoms with Crippen LogP contribution in [-0.2, 0) is 6.42 Å². The van der Waals surface area contributed by atoms with Crippen LogP contribution in [0.2, 0.25) is 5.02 Å². The van der Waals surface area contributed by atoms with Gasteiger partial charge in [-0.1, -0.05) is 35.9 Å². The van der Waals surface area contributed by atoms with Crippen molar-refractivity contribution in [2.75, 3.05) is 7.11 Å². The first kappa shape index (κ1) is 13.4. The molecular weight excluding hydrogens is 262 g/mol. The fourth-order valence-corrected chi connectivity index (χ4v) is 2.16. The van der Waals surface area contributed by atoms with Gasteiger partial charge in [-0.25, -0.2) is 0 Å². The predicted molar refractivity (Wildman–Crippen MR) is 75.8 cm³/mol. The zero-order valence-electron chi connectivity index (χ0n) is 10.5. The fraction of sp³-hybridized carbons (Fsp3) is 0.133. The minimum absolute atomic E-state index is 0.443. The summed E-state index contributed by atoms with van der Waals surface area (Å²) < 4.78 is 5.30. The van der Waals surface area contributed by atoms with E-state index in [4.69, 9.17) is 22.1 Å². The molecule has 2 rings (SSSR count). The average Bonchev–Trinajstić information content (AvgIpc) is 2.41. The van der Waals surface area contributed by atoms with E-state index < -0.39 is 5.91 Å². The van der Waals surface area contributed by atoms with E-state index in [0.29, 0.717) is 17.0 Å². The van der Waals surface area contributed by atoms with Crippen LogP contribution in [0.1, 0.15) is 21.5 Å². The standard InChI is InChI=1S/C15H14ClNO2/c1-19-14-5-3-2-4-11(14)8-10-6-7-12(16)9-13(10)15(17)18/h2-7,9H,8H2,1H3,(H2,17,18). The molecule has 0 unspecified atom stereocenters. The number of primary amides is 1. The van der Waals surface area contributed by atoms with Gasteiger partial charge >= 0.3 is 0 Å². The summed E-state index contributed by atoms with van der Waals surface area (Å²) in [5.74, 6) is 0.306. The summed E-state index contributed by atoms with van der Waals surface area (Å²) in [5.41, 5.74) is 7.65. The first-order valence-corrected chi connectivity index (χ1v) is 6.19. The van der Waals surface area contributed by atoms with Gasteiger partial charge in [0.25, 0.3) is 0 Å². The number of rotatable bonds is 4. The molecule has 0 aliphatic rings. The summed E-state index contributed by atoms with van der Waals surface area (Å²) in [6, 6.07) is 12.8. The van der Waals surface area contributed by atoms with Gasteiger partial charge in [-0.05, 0) is 29.3 Å². The van der Waals surface area contributed by atoms with Crippen molar-refractivity contribution in [1.82, 2.24) is 0 Å². The molecule has 98 valence electrons. The van der Waals surface area contributed by atoms with Gasteiger partial charge < -0.3 is 10.5 Å². The quantitative estimate of drug-likeness (QED) is 0.932. The van der Waals surface area contributed by atoms with Gasteiger partial charge in [0.1, 0.15) is 5.75 Å². The molecule has 0 saturated heterocycles. The highest BCUT2D eigenvalue weighted by Gasteiger charge is 2.11.